The van der Waals surface area contributed by atoms with E-state index in [2.05, 4.69) is 11.5 Å². The van der Waals surface area contributed by atoms with Gasteiger partial charge in [-0.1, -0.05) is 62.2 Å². The summed E-state index contributed by atoms with van der Waals surface area (Å²) < 4.78 is 7.79. The van der Waals surface area contributed by atoms with E-state index in [1.54, 1.807) is 0 Å². The Morgan fingerprint density at radius 1 is 0.903 bits per heavy atom. The minimum atomic E-state index is -0.0377. The SMILES string of the molecule is CCCCCn1cc(C(=O)c2cccc3ccccc23)c2cc(OCC(C)=O)ccc21. The molecule has 0 atom stereocenters. The Morgan fingerprint density at radius 2 is 1.71 bits per heavy atom. The molecule has 31 heavy (non-hydrogen) atoms. The molecule has 0 radical (unpaired) electrons. The molecule has 0 saturated carbocycles. The van der Waals surface area contributed by atoms with Crippen LogP contribution in [0.5, 0.6) is 5.75 Å². The Balaban J connectivity index is 1.81. The average Bonchev–Trinajstić information content (AvgIpc) is 3.15. The molecule has 0 saturated heterocycles. The highest BCUT2D eigenvalue weighted by molar-refractivity contribution is 6.21. The number of ketones is 2. The lowest BCUT2D eigenvalue weighted by Gasteiger charge is -2.07. The van der Waals surface area contributed by atoms with E-state index in [4.69, 9.17) is 4.74 Å². The number of hydrogen-bond donors (Lipinski definition) is 0. The Labute approximate surface area is 182 Å². The molecule has 0 aliphatic rings. The van der Waals surface area contributed by atoms with Crippen molar-refractivity contribution >= 4 is 33.2 Å². The van der Waals surface area contributed by atoms with E-state index in [1.807, 2.05) is 66.9 Å². The van der Waals surface area contributed by atoms with Crippen LogP contribution in [-0.2, 0) is 11.3 Å². The van der Waals surface area contributed by atoms with Crippen molar-refractivity contribution in [3.8, 4) is 5.75 Å². The first-order valence-corrected chi connectivity index (χ1v) is 10.9. The summed E-state index contributed by atoms with van der Waals surface area (Å²) in [5.74, 6) is 0.560. The minimum absolute atomic E-state index is 0.000223. The first kappa shape index (κ1) is 20.9. The lowest BCUT2D eigenvalue weighted by atomic mass is 9.97. The molecule has 0 aliphatic carbocycles. The first-order chi connectivity index (χ1) is 15.1. The molecule has 0 aliphatic heterocycles. The van der Waals surface area contributed by atoms with E-state index < -0.39 is 0 Å². The largest absolute Gasteiger partial charge is 0.486 e. The van der Waals surface area contributed by atoms with E-state index in [0.29, 0.717) is 16.9 Å². The van der Waals surface area contributed by atoms with E-state index in [1.165, 1.54) is 6.92 Å². The highest BCUT2D eigenvalue weighted by Gasteiger charge is 2.19. The predicted octanol–water partition coefficient (Wildman–Crippen LogP) is 6.18. The maximum Gasteiger partial charge on any atom is 0.195 e. The fraction of sp³-hybridized carbons (Fsp3) is 0.259. The molecule has 0 unspecified atom stereocenters. The Bertz CT molecular complexity index is 1250. The molecule has 158 valence electrons. The van der Waals surface area contributed by atoms with Crippen molar-refractivity contribution in [1.29, 1.82) is 0 Å². The maximum atomic E-state index is 13.7. The van der Waals surface area contributed by atoms with Gasteiger partial charge in [0.1, 0.15) is 12.4 Å². The fourth-order valence-electron chi connectivity index (χ4n) is 4.02. The number of benzene rings is 3. The maximum absolute atomic E-state index is 13.7. The average molecular weight is 414 g/mol. The molecule has 0 bridgehead atoms. The number of ether oxygens (including phenoxy) is 1. The van der Waals surface area contributed by atoms with Crippen molar-refractivity contribution in [3.63, 3.8) is 0 Å². The van der Waals surface area contributed by atoms with E-state index in [9.17, 15) is 9.59 Å². The summed E-state index contributed by atoms with van der Waals surface area (Å²) in [7, 11) is 0. The van der Waals surface area contributed by atoms with Gasteiger partial charge in [-0.2, -0.15) is 0 Å². The van der Waals surface area contributed by atoms with Gasteiger partial charge in [-0.3, -0.25) is 9.59 Å². The molecule has 4 aromatic rings. The molecular formula is C27H27NO3. The van der Waals surface area contributed by atoms with Crippen molar-refractivity contribution in [2.45, 2.75) is 39.7 Å². The molecule has 0 amide bonds. The Kier molecular flexibility index (Phi) is 6.17. The van der Waals surface area contributed by atoms with Gasteiger partial charge in [-0.25, -0.2) is 0 Å². The molecule has 1 heterocycles. The lowest BCUT2D eigenvalue weighted by molar-refractivity contribution is -0.118. The van der Waals surface area contributed by atoms with E-state index in [0.717, 1.165) is 47.5 Å². The predicted molar refractivity (Wildman–Crippen MR) is 125 cm³/mol. The summed E-state index contributed by atoms with van der Waals surface area (Å²) in [6, 6.07) is 19.5. The van der Waals surface area contributed by atoms with E-state index in [-0.39, 0.29) is 18.2 Å². The van der Waals surface area contributed by atoms with Gasteiger partial charge >= 0.3 is 0 Å². The zero-order valence-corrected chi connectivity index (χ0v) is 18.1. The van der Waals surface area contributed by atoms with Gasteiger partial charge in [0.05, 0.1) is 0 Å². The molecule has 0 spiro atoms. The smallest absolute Gasteiger partial charge is 0.195 e. The van der Waals surface area contributed by atoms with Crippen LogP contribution in [-0.4, -0.2) is 22.7 Å². The van der Waals surface area contributed by atoms with Gasteiger partial charge in [0, 0.05) is 34.8 Å². The third-order valence-electron chi connectivity index (χ3n) is 5.58. The van der Waals surface area contributed by atoms with Gasteiger partial charge in [0.25, 0.3) is 0 Å². The zero-order valence-electron chi connectivity index (χ0n) is 18.1. The summed E-state index contributed by atoms with van der Waals surface area (Å²) in [4.78, 5) is 25.0. The number of carbonyl (C=O) groups excluding carboxylic acids is 2. The van der Waals surface area contributed by atoms with Crippen molar-refractivity contribution in [2.75, 3.05) is 6.61 Å². The van der Waals surface area contributed by atoms with Crippen LogP contribution in [0.2, 0.25) is 0 Å². The van der Waals surface area contributed by atoms with Crippen molar-refractivity contribution in [3.05, 3.63) is 78.0 Å². The number of Topliss-reactive ketones (excluding diaryl/α,β-unsaturated/α-hetero) is 1. The van der Waals surface area contributed by atoms with Gasteiger partial charge < -0.3 is 9.30 Å². The second-order valence-electron chi connectivity index (χ2n) is 7.97. The third kappa shape index (κ3) is 4.38. The Hall–Kier alpha value is -3.40. The number of hydrogen-bond acceptors (Lipinski definition) is 3. The van der Waals surface area contributed by atoms with Crippen molar-refractivity contribution in [2.24, 2.45) is 0 Å². The molecule has 4 heteroatoms. The van der Waals surface area contributed by atoms with Gasteiger partial charge in [0.2, 0.25) is 0 Å². The normalized spacial score (nSPS) is 11.2. The third-order valence-corrected chi connectivity index (χ3v) is 5.58. The van der Waals surface area contributed by atoms with Crippen molar-refractivity contribution < 1.29 is 14.3 Å². The highest BCUT2D eigenvalue weighted by Crippen LogP contribution is 2.30. The molecule has 0 N–H and O–H groups in total. The zero-order chi connectivity index (χ0) is 21.8. The number of unbranched alkanes of at least 4 members (excludes halogenated alkanes) is 2. The number of aromatic nitrogens is 1. The molecule has 3 aromatic carbocycles. The van der Waals surface area contributed by atoms with Crippen LogP contribution in [0.15, 0.2) is 66.9 Å². The van der Waals surface area contributed by atoms with E-state index >= 15 is 0 Å². The van der Waals surface area contributed by atoms with Crippen LogP contribution in [0, 0.1) is 0 Å². The highest BCUT2D eigenvalue weighted by atomic mass is 16.5. The second kappa shape index (κ2) is 9.17. The summed E-state index contributed by atoms with van der Waals surface area (Å²) >= 11 is 0. The number of aryl methyl sites for hydroxylation is 1. The Morgan fingerprint density at radius 3 is 2.52 bits per heavy atom. The number of nitrogens with zero attached hydrogens (tertiary/aromatic N) is 1. The van der Waals surface area contributed by atoms with Crippen LogP contribution in [0.1, 0.15) is 49.0 Å². The standard InChI is InChI=1S/C27H27NO3/c1-3-4-7-15-28-17-25(24-16-21(13-14-26(24)28)31-18-19(2)29)27(30)23-12-8-10-20-9-5-6-11-22(20)23/h5-6,8-14,16-17H,3-4,7,15,18H2,1-2H3. The fourth-order valence-corrected chi connectivity index (χ4v) is 4.02. The summed E-state index contributed by atoms with van der Waals surface area (Å²) in [5.41, 5.74) is 2.37. The molecular weight excluding hydrogens is 386 g/mol. The van der Waals surface area contributed by atoms with Gasteiger partial charge in [-0.05, 0) is 42.3 Å². The first-order valence-electron chi connectivity index (χ1n) is 10.9. The van der Waals surface area contributed by atoms with Gasteiger partial charge in [-0.15, -0.1) is 0 Å². The summed E-state index contributed by atoms with van der Waals surface area (Å²) in [5, 5.41) is 2.85. The molecule has 4 nitrogen and oxygen atoms in total. The lowest BCUT2D eigenvalue weighted by Crippen LogP contribution is -2.06. The molecule has 0 fully saturated rings. The molecule has 1 aromatic heterocycles. The van der Waals surface area contributed by atoms with Crippen LogP contribution in [0.25, 0.3) is 21.7 Å². The quantitative estimate of drug-likeness (QED) is 0.243. The van der Waals surface area contributed by atoms with Gasteiger partial charge in [0.15, 0.2) is 11.6 Å². The summed E-state index contributed by atoms with van der Waals surface area (Å²) in [6.07, 6.45) is 5.32. The second-order valence-corrected chi connectivity index (χ2v) is 7.97. The number of fused-ring (bicyclic) bond motifs is 2. The topological polar surface area (TPSA) is 48.3 Å². The van der Waals surface area contributed by atoms with Crippen LogP contribution in [0.4, 0.5) is 0 Å². The van der Waals surface area contributed by atoms with Crippen LogP contribution < -0.4 is 4.74 Å². The minimum Gasteiger partial charge on any atom is -0.486 e. The monoisotopic (exact) mass is 413 g/mol. The van der Waals surface area contributed by atoms with Crippen molar-refractivity contribution in [1.82, 2.24) is 4.57 Å². The van der Waals surface area contributed by atoms with Crippen LogP contribution in [0.3, 0.4) is 0 Å². The van der Waals surface area contributed by atoms with Crippen LogP contribution >= 0.6 is 0 Å². The number of rotatable bonds is 9. The summed E-state index contributed by atoms with van der Waals surface area (Å²) in [6.45, 7) is 4.57. The molecule has 4 rings (SSSR count). The number of carbonyl (C=O) groups is 2.